The zero-order chi connectivity index (χ0) is 17.0. The van der Waals surface area contributed by atoms with Crippen LogP contribution in [0.3, 0.4) is 0 Å². The molecule has 1 fully saturated rings. The standard InChI is InChI=1S/C17H26N2O2S2/c1-4-5-9-19(15-8-10-23(20,21)12-15)17(22)18-16-11-13(2)6-7-14(16)3/h6-7,11,15H,4-5,8-10,12H2,1-3H3,(H,18,22)/t15-/m1/s1. The monoisotopic (exact) mass is 354 g/mol. The van der Waals surface area contributed by atoms with Crippen LogP contribution >= 0.6 is 12.2 Å². The Hall–Kier alpha value is -1.14. The summed E-state index contributed by atoms with van der Waals surface area (Å²) < 4.78 is 23.6. The molecule has 23 heavy (non-hydrogen) atoms. The van der Waals surface area contributed by atoms with E-state index in [1.807, 2.05) is 13.8 Å². The van der Waals surface area contributed by atoms with E-state index in [1.54, 1.807) is 0 Å². The van der Waals surface area contributed by atoms with Gasteiger partial charge in [-0.2, -0.15) is 0 Å². The van der Waals surface area contributed by atoms with Crippen LogP contribution in [0.4, 0.5) is 5.69 Å². The van der Waals surface area contributed by atoms with Crippen molar-refractivity contribution in [2.45, 2.75) is 46.1 Å². The number of aryl methyl sites for hydroxylation is 2. The molecule has 0 radical (unpaired) electrons. The summed E-state index contributed by atoms with van der Waals surface area (Å²) in [5.41, 5.74) is 3.30. The molecule has 1 aromatic rings. The van der Waals surface area contributed by atoms with E-state index in [4.69, 9.17) is 12.2 Å². The van der Waals surface area contributed by atoms with Crippen LogP contribution in [0.25, 0.3) is 0 Å². The Labute approximate surface area is 145 Å². The van der Waals surface area contributed by atoms with Crippen molar-refractivity contribution in [1.29, 1.82) is 0 Å². The number of rotatable bonds is 5. The van der Waals surface area contributed by atoms with Gasteiger partial charge in [-0.1, -0.05) is 25.5 Å². The molecule has 1 aliphatic heterocycles. The van der Waals surface area contributed by atoms with Gasteiger partial charge in [-0.25, -0.2) is 8.42 Å². The third-order valence-electron chi connectivity index (χ3n) is 4.30. The Morgan fingerprint density at radius 1 is 1.39 bits per heavy atom. The highest BCUT2D eigenvalue weighted by atomic mass is 32.2. The van der Waals surface area contributed by atoms with E-state index in [0.29, 0.717) is 11.5 Å². The molecule has 6 heteroatoms. The molecule has 1 aliphatic rings. The maximum Gasteiger partial charge on any atom is 0.173 e. The van der Waals surface area contributed by atoms with Gasteiger partial charge in [0.2, 0.25) is 0 Å². The second-order valence-electron chi connectivity index (χ2n) is 6.35. The van der Waals surface area contributed by atoms with Crippen molar-refractivity contribution < 1.29 is 8.42 Å². The van der Waals surface area contributed by atoms with E-state index in [-0.39, 0.29) is 17.5 Å². The Bertz CT molecular complexity index is 671. The van der Waals surface area contributed by atoms with E-state index < -0.39 is 9.84 Å². The van der Waals surface area contributed by atoms with E-state index in [2.05, 4.69) is 35.3 Å². The fourth-order valence-corrected chi connectivity index (χ4v) is 4.94. The minimum absolute atomic E-state index is 0.00309. The molecule has 128 valence electrons. The average Bonchev–Trinajstić information content (AvgIpc) is 2.83. The van der Waals surface area contributed by atoms with Crippen LogP contribution < -0.4 is 5.32 Å². The van der Waals surface area contributed by atoms with Gasteiger partial charge in [-0.05, 0) is 56.1 Å². The van der Waals surface area contributed by atoms with Crippen LogP contribution in [-0.2, 0) is 9.84 Å². The fraction of sp³-hybridized carbons (Fsp3) is 0.588. The Kier molecular flexibility index (Phi) is 6.03. The van der Waals surface area contributed by atoms with Gasteiger partial charge in [-0.15, -0.1) is 0 Å². The van der Waals surface area contributed by atoms with Crippen LogP contribution in [0.2, 0.25) is 0 Å². The number of benzene rings is 1. The molecule has 1 atom stereocenters. The molecule has 0 amide bonds. The number of nitrogens with one attached hydrogen (secondary N) is 1. The summed E-state index contributed by atoms with van der Waals surface area (Å²) in [5.74, 6) is 0.484. The van der Waals surface area contributed by atoms with Crippen molar-refractivity contribution in [2.75, 3.05) is 23.4 Å². The predicted octanol–water partition coefficient (Wildman–Crippen LogP) is 3.29. The topological polar surface area (TPSA) is 49.4 Å². The first-order valence-corrected chi connectivity index (χ1v) is 10.4. The van der Waals surface area contributed by atoms with Gasteiger partial charge in [0.15, 0.2) is 14.9 Å². The van der Waals surface area contributed by atoms with Gasteiger partial charge in [0, 0.05) is 18.3 Å². The largest absolute Gasteiger partial charge is 0.345 e. The van der Waals surface area contributed by atoms with Gasteiger partial charge >= 0.3 is 0 Å². The van der Waals surface area contributed by atoms with Crippen LogP contribution in [0.1, 0.15) is 37.3 Å². The minimum Gasteiger partial charge on any atom is -0.345 e. The molecular formula is C17H26N2O2S2. The molecule has 4 nitrogen and oxygen atoms in total. The van der Waals surface area contributed by atoms with Gasteiger partial charge in [0.1, 0.15) is 0 Å². The third kappa shape index (κ3) is 4.91. The van der Waals surface area contributed by atoms with Gasteiger partial charge < -0.3 is 10.2 Å². The molecule has 0 spiro atoms. The molecule has 1 heterocycles. The lowest BCUT2D eigenvalue weighted by molar-refractivity contribution is 0.333. The first-order valence-electron chi connectivity index (χ1n) is 8.17. The lowest BCUT2D eigenvalue weighted by Gasteiger charge is -2.31. The molecule has 0 aromatic heterocycles. The summed E-state index contributed by atoms with van der Waals surface area (Å²) in [5, 5.41) is 3.96. The Balaban J connectivity index is 2.15. The summed E-state index contributed by atoms with van der Waals surface area (Å²) in [4.78, 5) is 2.07. The molecular weight excluding hydrogens is 328 g/mol. The maximum absolute atomic E-state index is 11.8. The number of anilines is 1. The molecule has 0 bridgehead atoms. The Morgan fingerprint density at radius 3 is 2.74 bits per heavy atom. The molecule has 1 aromatic carbocycles. The lowest BCUT2D eigenvalue weighted by atomic mass is 10.1. The highest BCUT2D eigenvalue weighted by Gasteiger charge is 2.33. The van der Waals surface area contributed by atoms with Gasteiger partial charge in [0.25, 0.3) is 0 Å². The number of nitrogens with zero attached hydrogens (tertiary/aromatic N) is 1. The molecule has 1 N–H and O–H groups in total. The van der Waals surface area contributed by atoms with Crippen molar-refractivity contribution in [3.63, 3.8) is 0 Å². The molecule has 0 unspecified atom stereocenters. The third-order valence-corrected chi connectivity index (χ3v) is 6.38. The van der Waals surface area contributed by atoms with Crippen LogP contribution in [0.5, 0.6) is 0 Å². The molecule has 0 aliphatic carbocycles. The summed E-state index contributed by atoms with van der Waals surface area (Å²) in [6, 6.07) is 6.21. The maximum atomic E-state index is 11.8. The first-order chi connectivity index (χ1) is 10.8. The highest BCUT2D eigenvalue weighted by molar-refractivity contribution is 7.91. The number of thiocarbonyl (C=S) groups is 1. The van der Waals surface area contributed by atoms with E-state index in [9.17, 15) is 8.42 Å². The van der Waals surface area contributed by atoms with Gasteiger partial charge in [0.05, 0.1) is 11.5 Å². The zero-order valence-corrected chi connectivity index (χ0v) is 15.8. The van der Waals surface area contributed by atoms with Crippen LogP contribution in [0, 0.1) is 13.8 Å². The number of sulfone groups is 1. The highest BCUT2D eigenvalue weighted by Crippen LogP contribution is 2.22. The molecule has 2 rings (SSSR count). The smallest absolute Gasteiger partial charge is 0.173 e. The van der Waals surface area contributed by atoms with Crippen molar-refractivity contribution in [1.82, 2.24) is 4.90 Å². The molecule has 1 saturated heterocycles. The van der Waals surface area contributed by atoms with Crippen LogP contribution in [0.15, 0.2) is 18.2 Å². The predicted molar refractivity (Wildman–Crippen MR) is 101 cm³/mol. The summed E-state index contributed by atoms with van der Waals surface area (Å²) in [6.07, 6.45) is 2.73. The lowest BCUT2D eigenvalue weighted by Crippen LogP contribution is -2.44. The second kappa shape index (κ2) is 7.62. The fourth-order valence-electron chi connectivity index (χ4n) is 2.86. The van der Waals surface area contributed by atoms with Crippen molar-refractivity contribution in [3.05, 3.63) is 29.3 Å². The zero-order valence-electron chi connectivity index (χ0n) is 14.1. The van der Waals surface area contributed by atoms with E-state index in [0.717, 1.165) is 30.6 Å². The van der Waals surface area contributed by atoms with Crippen molar-refractivity contribution in [3.8, 4) is 0 Å². The van der Waals surface area contributed by atoms with E-state index in [1.165, 1.54) is 5.56 Å². The quantitative estimate of drug-likeness (QED) is 0.822. The number of unbranched alkanes of at least 4 members (excludes halogenated alkanes) is 1. The summed E-state index contributed by atoms with van der Waals surface area (Å²) in [6.45, 7) is 7.02. The van der Waals surface area contributed by atoms with Crippen molar-refractivity contribution >= 4 is 32.9 Å². The Morgan fingerprint density at radius 2 is 2.13 bits per heavy atom. The second-order valence-corrected chi connectivity index (χ2v) is 8.97. The number of hydrogen-bond acceptors (Lipinski definition) is 3. The number of hydrogen-bond donors (Lipinski definition) is 1. The van der Waals surface area contributed by atoms with Crippen molar-refractivity contribution in [2.24, 2.45) is 0 Å². The van der Waals surface area contributed by atoms with Crippen LogP contribution in [-0.4, -0.2) is 42.5 Å². The minimum atomic E-state index is -2.92. The van der Waals surface area contributed by atoms with E-state index >= 15 is 0 Å². The summed E-state index contributed by atoms with van der Waals surface area (Å²) in [7, 11) is -2.92. The summed E-state index contributed by atoms with van der Waals surface area (Å²) >= 11 is 5.61. The first kappa shape index (κ1) is 18.2. The normalized spacial score (nSPS) is 19.5. The molecule has 0 saturated carbocycles. The SMILES string of the molecule is CCCCN(C(=S)Nc1cc(C)ccc1C)[C@@H]1CCS(=O)(=O)C1. The van der Waals surface area contributed by atoms with Gasteiger partial charge in [-0.3, -0.25) is 0 Å². The average molecular weight is 355 g/mol.